The van der Waals surface area contributed by atoms with Crippen molar-refractivity contribution in [3.63, 3.8) is 0 Å². The van der Waals surface area contributed by atoms with Gasteiger partial charge in [0.15, 0.2) is 0 Å². The lowest BCUT2D eigenvalue weighted by molar-refractivity contribution is 0.124. The SMILES string of the molecule is COCCCC1CCN(C(C=C(C)C)CC(C)(C)c2ccc(OC(C)(C)C)cc2)CC1. The van der Waals surface area contributed by atoms with Gasteiger partial charge < -0.3 is 9.47 Å². The van der Waals surface area contributed by atoms with Crippen LogP contribution in [0, 0.1) is 5.92 Å². The maximum Gasteiger partial charge on any atom is 0.120 e. The number of hydrogen-bond donors (Lipinski definition) is 0. The molecule has 0 aromatic heterocycles. The van der Waals surface area contributed by atoms with E-state index in [9.17, 15) is 0 Å². The first-order chi connectivity index (χ1) is 14.5. The highest BCUT2D eigenvalue weighted by molar-refractivity contribution is 5.32. The predicted octanol–water partition coefficient (Wildman–Crippen LogP) is 7.01. The molecule has 0 bridgehead atoms. The standard InChI is InChI=1S/C28H47NO2/c1-22(2)20-25(29-17-15-23(16-18-29)10-9-19-30-8)21-28(6,7)24-11-13-26(14-12-24)31-27(3,4)5/h11-14,20,23,25H,9-10,15-19,21H2,1-8H3. The van der Waals surface area contributed by atoms with E-state index in [0.717, 1.165) is 24.7 Å². The number of benzene rings is 1. The molecule has 0 N–H and O–H groups in total. The molecule has 3 heteroatoms. The van der Waals surface area contributed by atoms with E-state index in [2.05, 4.69) is 83.7 Å². The summed E-state index contributed by atoms with van der Waals surface area (Å²) in [6.07, 6.45) is 8.76. The van der Waals surface area contributed by atoms with Crippen molar-refractivity contribution in [1.29, 1.82) is 0 Å². The summed E-state index contributed by atoms with van der Waals surface area (Å²) in [7, 11) is 1.81. The zero-order valence-corrected chi connectivity index (χ0v) is 21.5. The number of hydrogen-bond acceptors (Lipinski definition) is 3. The van der Waals surface area contributed by atoms with Crippen LogP contribution in [0.2, 0.25) is 0 Å². The van der Waals surface area contributed by atoms with E-state index in [1.54, 1.807) is 7.11 Å². The fourth-order valence-electron chi connectivity index (χ4n) is 4.74. The molecule has 1 saturated heterocycles. The molecule has 0 saturated carbocycles. The summed E-state index contributed by atoms with van der Waals surface area (Å²) in [5, 5.41) is 0. The molecule has 1 unspecified atom stereocenters. The highest BCUT2D eigenvalue weighted by Gasteiger charge is 2.30. The van der Waals surface area contributed by atoms with Gasteiger partial charge in [0.2, 0.25) is 0 Å². The van der Waals surface area contributed by atoms with Gasteiger partial charge in [0, 0.05) is 19.8 Å². The molecular formula is C28H47NO2. The summed E-state index contributed by atoms with van der Waals surface area (Å²) in [4.78, 5) is 2.72. The number of ether oxygens (including phenoxy) is 2. The molecule has 1 fully saturated rings. The van der Waals surface area contributed by atoms with Crippen LogP contribution in [-0.4, -0.2) is 43.3 Å². The monoisotopic (exact) mass is 429 g/mol. The van der Waals surface area contributed by atoms with Gasteiger partial charge in [0.25, 0.3) is 0 Å². The lowest BCUT2D eigenvalue weighted by Crippen LogP contribution is -2.43. The van der Waals surface area contributed by atoms with Crippen LogP contribution in [0.15, 0.2) is 35.9 Å². The molecule has 1 aliphatic rings. The minimum Gasteiger partial charge on any atom is -0.488 e. The number of allylic oxidation sites excluding steroid dienone is 1. The number of methoxy groups -OCH3 is 1. The van der Waals surface area contributed by atoms with Gasteiger partial charge in [-0.2, -0.15) is 0 Å². The van der Waals surface area contributed by atoms with Crippen LogP contribution >= 0.6 is 0 Å². The molecule has 0 amide bonds. The second-order valence-corrected chi connectivity index (χ2v) is 11.3. The fraction of sp³-hybridized carbons (Fsp3) is 0.714. The minimum atomic E-state index is -0.165. The molecule has 3 nitrogen and oxygen atoms in total. The van der Waals surface area contributed by atoms with Crippen molar-refractivity contribution < 1.29 is 9.47 Å². The van der Waals surface area contributed by atoms with Crippen LogP contribution in [-0.2, 0) is 10.2 Å². The Morgan fingerprint density at radius 3 is 2.19 bits per heavy atom. The summed E-state index contributed by atoms with van der Waals surface area (Å²) in [6.45, 7) is 18.8. The first-order valence-corrected chi connectivity index (χ1v) is 12.2. The Balaban J connectivity index is 2.03. The van der Waals surface area contributed by atoms with Gasteiger partial charge in [0.05, 0.1) is 0 Å². The maximum absolute atomic E-state index is 6.02. The number of piperidine rings is 1. The third kappa shape index (κ3) is 8.98. The van der Waals surface area contributed by atoms with Crippen molar-refractivity contribution >= 4 is 0 Å². The average molecular weight is 430 g/mol. The summed E-state index contributed by atoms with van der Waals surface area (Å²) < 4.78 is 11.3. The molecule has 31 heavy (non-hydrogen) atoms. The van der Waals surface area contributed by atoms with Crippen molar-refractivity contribution in [1.82, 2.24) is 4.90 Å². The number of nitrogens with zero attached hydrogens (tertiary/aromatic N) is 1. The lowest BCUT2D eigenvalue weighted by Gasteiger charge is -2.40. The second-order valence-electron chi connectivity index (χ2n) is 11.3. The zero-order valence-electron chi connectivity index (χ0n) is 21.5. The Morgan fingerprint density at radius 2 is 1.68 bits per heavy atom. The Kier molecular flexibility index (Phi) is 9.64. The van der Waals surface area contributed by atoms with Gasteiger partial charge in [-0.25, -0.2) is 0 Å². The van der Waals surface area contributed by atoms with E-state index in [4.69, 9.17) is 9.47 Å². The fourth-order valence-corrected chi connectivity index (χ4v) is 4.74. The van der Waals surface area contributed by atoms with Crippen molar-refractivity contribution in [2.45, 2.75) is 97.6 Å². The smallest absolute Gasteiger partial charge is 0.120 e. The Hall–Kier alpha value is -1.32. The highest BCUT2D eigenvalue weighted by atomic mass is 16.5. The van der Waals surface area contributed by atoms with E-state index < -0.39 is 0 Å². The molecule has 0 aliphatic carbocycles. The van der Waals surface area contributed by atoms with Crippen LogP contribution in [0.5, 0.6) is 5.75 Å². The highest BCUT2D eigenvalue weighted by Crippen LogP contribution is 2.34. The maximum atomic E-state index is 6.02. The molecule has 0 radical (unpaired) electrons. The Labute approximate surface area is 192 Å². The van der Waals surface area contributed by atoms with Crippen LogP contribution < -0.4 is 4.74 Å². The van der Waals surface area contributed by atoms with Crippen molar-refractivity contribution in [3.05, 3.63) is 41.5 Å². The minimum absolute atomic E-state index is 0.103. The van der Waals surface area contributed by atoms with Gasteiger partial charge in [-0.05, 0) is 109 Å². The third-order valence-corrected chi connectivity index (χ3v) is 6.38. The van der Waals surface area contributed by atoms with Gasteiger partial charge in [-0.1, -0.05) is 37.6 Å². The molecule has 1 atom stereocenters. The lowest BCUT2D eigenvalue weighted by atomic mass is 9.78. The number of likely N-dealkylation sites (tertiary alicyclic amines) is 1. The quantitative estimate of drug-likeness (QED) is 0.295. The van der Waals surface area contributed by atoms with Crippen LogP contribution in [0.3, 0.4) is 0 Å². The molecule has 1 heterocycles. The number of rotatable bonds is 10. The van der Waals surface area contributed by atoms with Crippen LogP contribution in [0.25, 0.3) is 0 Å². The van der Waals surface area contributed by atoms with E-state index >= 15 is 0 Å². The Morgan fingerprint density at radius 1 is 1.06 bits per heavy atom. The molecule has 0 spiro atoms. The zero-order chi connectivity index (χ0) is 23.1. The Bertz CT molecular complexity index is 672. The normalized spacial score (nSPS) is 17.4. The van der Waals surface area contributed by atoms with E-state index in [-0.39, 0.29) is 11.0 Å². The first kappa shape index (κ1) is 25.9. The third-order valence-electron chi connectivity index (χ3n) is 6.38. The van der Waals surface area contributed by atoms with Crippen molar-refractivity contribution in [2.75, 3.05) is 26.8 Å². The average Bonchev–Trinajstić information content (AvgIpc) is 2.67. The van der Waals surface area contributed by atoms with Crippen molar-refractivity contribution in [3.8, 4) is 5.75 Å². The van der Waals surface area contributed by atoms with Gasteiger partial charge in [0.1, 0.15) is 11.4 Å². The molecular weight excluding hydrogens is 382 g/mol. The van der Waals surface area contributed by atoms with E-state index in [1.807, 2.05) is 0 Å². The van der Waals surface area contributed by atoms with Gasteiger partial charge in [-0.3, -0.25) is 4.90 Å². The predicted molar refractivity (Wildman–Crippen MR) is 133 cm³/mol. The summed E-state index contributed by atoms with van der Waals surface area (Å²) >= 11 is 0. The van der Waals surface area contributed by atoms with Crippen molar-refractivity contribution in [2.24, 2.45) is 5.92 Å². The summed E-state index contributed by atoms with van der Waals surface area (Å²) in [5.41, 5.74) is 2.74. The van der Waals surface area contributed by atoms with Crippen LogP contribution in [0.4, 0.5) is 0 Å². The molecule has 2 rings (SSSR count). The second kappa shape index (κ2) is 11.5. The summed E-state index contributed by atoms with van der Waals surface area (Å²) in [6, 6.07) is 9.25. The van der Waals surface area contributed by atoms with Gasteiger partial charge in [-0.15, -0.1) is 0 Å². The van der Waals surface area contributed by atoms with Gasteiger partial charge >= 0.3 is 0 Å². The molecule has 176 valence electrons. The van der Waals surface area contributed by atoms with E-state index in [0.29, 0.717) is 6.04 Å². The molecule has 1 aliphatic heterocycles. The van der Waals surface area contributed by atoms with Crippen LogP contribution in [0.1, 0.15) is 86.1 Å². The first-order valence-electron chi connectivity index (χ1n) is 12.2. The molecule has 1 aromatic rings. The topological polar surface area (TPSA) is 21.7 Å². The van der Waals surface area contributed by atoms with E-state index in [1.165, 1.54) is 49.9 Å². The largest absolute Gasteiger partial charge is 0.488 e. The molecule has 1 aromatic carbocycles. The summed E-state index contributed by atoms with van der Waals surface area (Å²) in [5.74, 6) is 1.81.